The maximum Gasteiger partial charge on any atom is 0.309 e. The number of benzene rings is 2. The van der Waals surface area contributed by atoms with Gasteiger partial charge in [0.15, 0.2) is 5.13 Å². The number of rotatable bonds is 10. The van der Waals surface area contributed by atoms with Crippen molar-refractivity contribution in [1.82, 2.24) is 4.98 Å². The standard InChI is InChI=1S/C26H31N3O3S/c1-26(2,3)14-6-8-19-7-4-5-9-22(19)27-16-18-10-12-20(13-11-18)24(32)29-25-28-21(17-33-25)15-23(30)31/h4-5,7,9-13,17,27H,6,8,14-16H2,1-3H3,(H,30,31)(H,28,29,32). The Morgan fingerprint density at radius 1 is 1.06 bits per heavy atom. The van der Waals surface area contributed by atoms with Crippen molar-refractivity contribution in [3.05, 3.63) is 76.3 Å². The molecule has 0 aliphatic carbocycles. The summed E-state index contributed by atoms with van der Waals surface area (Å²) >= 11 is 1.22. The number of carboxylic acid groups (broad SMARTS) is 1. The predicted octanol–water partition coefficient (Wildman–Crippen LogP) is 6.00. The number of anilines is 2. The van der Waals surface area contributed by atoms with E-state index in [1.165, 1.54) is 23.3 Å². The number of aromatic nitrogens is 1. The monoisotopic (exact) mass is 465 g/mol. The minimum atomic E-state index is -0.949. The zero-order valence-electron chi connectivity index (χ0n) is 19.4. The van der Waals surface area contributed by atoms with Crippen LogP contribution in [0.1, 0.15) is 60.8 Å². The Hall–Kier alpha value is -3.19. The van der Waals surface area contributed by atoms with Crippen molar-refractivity contribution in [1.29, 1.82) is 0 Å². The first kappa shape index (κ1) is 24.5. The molecular weight excluding hydrogens is 434 g/mol. The van der Waals surface area contributed by atoms with Gasteiger partial charge in [-0.3, -0.25) is 14.9 Å². The van der Waals surface area contributed by atoms with Crippen molar-refractivity contribution < 1.29 is 14.7 Å². The van der Waals surface area contributed by atoms with E-state index in [0.29, 0.717) is 28.3 Å². The fraction of sp³-hybridized carbons (Fsp3) is 0.346. The van der Waals surface area contributed by atoms with Gasteiger partial charge in [0.25, 0.3) is 5.91 Å². The molecule has 0 spiro atoms. The van der Waals surface area contributed by atoms with E-state index in [9.17, 15) is 9.59 Å². The second kappa shape index (κ2) is 11.1. The lowest BCUT2D eigenvalue weighted by molar-refractivity contribution is -0.136. The largest absolute Gasteiger partial charge is 0.481 e. The van der Waals surface area contributed by atoms with Crippen molar-refractivity contribution in [3.63, 3.8) is 0 Å². The van der Waals surface area contributed by atoms with Gasteiger partial charge in [-0.1, -0.05) is 51.1 Å². The van der Waals surface area contributed by atoms with Crippen molar-refractivity contribution >= 4 is 34.0 Å². The van der Waals surface area contributed by atoms with Gasteiger partial charge in [0.2, 0.25) is 0 Å². The van der Waals surface area contributed by atoms with Gasteiger partial charge < -0.3 is 10.4 Å². The quantitative estimate of drug-likeness (QED) is 0.341. The van der Waals surface area contributed by atoms with Gasteiger partial charge in [0, 0.05) is 23.2 Å². The predicted molar refractivity (Wildman–Crippen MR) is 134 cm³/mol. The maximum atomic E-state index is 12.5. The Bertz CT molecular complexity index is 1080. The topological polar surface area (TPSA) is 91.3 Å². The van der Waals surface area contributed by atoms with Gasteiger partial charge in [0.1, 0.15) is 0 Å². The maximum absolute atomic E-state index is 12.5. The molecule has 0 saturated carbocycles. The molecule has 1 heterocycles. The third-order valence-electron chi connectivity index (χ3n) is 5.19. The van der Waals surface area contributed by atoms with Crippen molar-refractivity contribution in [2.75, 3.05) is 10.6 Å². The number of hydrogen-bond acceptors (Lipinski definition) is 5. The van der Waals surface area contributed by atoms with Crippen LogP contribution in [0.25, 0.3) is 0 Å². The highest BCUT2D eigenvalue weighted by Gasteiger charge is 2.12. The van der Waals surface area contributed by atoms with Crippen LogP contribution in [-0.4, -0.2) is 22.0 Å². The molecule has 0 bridgehead atoms. The third-order valence-corrected chi connectivity index (χ3v) is 6.00. The summed E-state index contributed by atoms with van der Waals surface area (Å²) in [6.07, 6.45) is 3.23. The number of carbonyl (C=O) groups is 2. The van der Waals surface area contributed by atoms with E-state index in [-0.39, 0.29) is 12.3 Å². The van der Waals surface area contributed by atoms with Gasteiger partial charge in [-0.15, -0.1) is 11.3 Å². The summed E-state index contributed by atoms with van der Waals surface area (Å²) in [4.78, 5) is 27.4. The molecule has 2 aromatic carbocycles. The molecule has 1 amide bonds. The second-order valence-corrected chi connectivity index (χ2v) is 10.1. The number of aliphatic carboxylic acids is 1. The van der Waals surface area contributed by atoms with Crippen LogP contribution in [0.4, 0.5) is 10.8 Å². The van der Waals surface area contributed by atoms with Crippen molar-refractivity contribution in [3.8, 4) is 0 Å². The van der Waals surface area contributed by atoms with Crippen LogP contribution in [0, 0.1) is 5.41 Å². The van der Waals surface area contributed by atoms with Gasteiger partial charge >= 0.3 is 5.97 Å². The summed E-state index contributed by atoms with van der Waals surface area (Å²) < 4.78 is 0. The number of nitrogens with zero attached hydrogens (tertiary/aromatic N) is 1. The van der Waals surface area contributed by atoms with Gasteiger partial charge in [-0.25, -0.2) is 4.98 Å². The number of para-hydroxylation sites is 1. The molecule has 0 atom stereocenters. The Balaban J connectivity index is 1.54. The Morgan fingerprint density at radius 2 is 1.79 bits per heavy atom. The molecule has 0 aliphatic heterocycles. The summed E-state index contributed by atoms with van der Waals surface area (Å²) in [7, 11) is 0. The van der Waals surface area contributed by atoms with Crippen molar-refractivity contribution in [2.24, 2.45) is 5.41 Å². The van der Waals surface area contributed by atoms with E-state index in [4.69, 9.17) is 5.11 Å². The second-order valence-electron chi connectivity index (χ2n) is 9.29. The summed E-state index contributed by atoms with van der Waals surface area (Å²) in [6, 6.07) is 15.9. The Labute approximate surface area is 199 Å². The number of aryl methyl sites for hydroxylation is 1. The molecule has 0 radical (unpaired) electrons. The average molecular weight is 466 g/mol. The molecule has 0 saturated heterocycles. The first-order chi connectivity index (χ1) is 15.7. The van der Waals surface area contributed by atoms with Crippen molar-refractivity contribution in [2.45, 2.75) is 53.0 Å². The first-order valence-electron chi connectivity index (χ1n) is 11.1. The van der Waals surface area contributed by atoms with E-state index in [1.54, 1.807) is 17.5 Å². The molecule has 1 aromatic heterocycles. The normalized spacial score (nSPS) is 11.2. The Kier molecular flexibility index (Phi) is 8.22. The summed E-state index contributed by atoms with van der Waals surface area (Å²) in [5, 5.41) is 17.1. The fourth-order valence-corrected chi connectivity index (χ4v) is 4.17. The van der Waals surface area contributed by atoms with E-state index >= 15 is 0 Å². The zero-order valence-corrected chi connectivity index (χ0v) is 20.2. The average Bonchev–Trinajstić information content (AvgIpc) is 3.18. The molecule has 3 N–H and O–H groups in total. The third kappa shape index (κ3) is 8.02. The molecular formula is C26H31N3O3S. The summed E-state index contributed by atoms with van der Waals surface area (Å²) in [5.41, 5.74) is 4.85. The SMILES string of the molecule is CC(C)(C)CCCc1ccccc1NCc1ccc(C(=O)Nc2nc(CC(=O)O)cs2)cc1. The number of hydrogen-bond donors (Lipinski definition) is 3. The van der Waals surface area contributed by atoms with Gasteiger partial charge in [0.05, 0.1) is 12.1 Å². The smallest absolute Gasteiger partial charge is 0.309 e. The molecule has 7 heteroatoms. The number of carboxylic acids is 1. The minimum absolute atomic E-state index is 0.159. The fourth-order valence-electron chi connectivity index (χ4n) is 3.46. The van der Waals surface area contributed by atoms with E-state index in [1.807, 2.05) is 18.2 Å². The van der Waals surface area contributed by atoms with Gasteiger partial charge in [-0.2, -0.15) is 0 Å². The van der Waals surface area contributed by atoms with Crippen LogP contribution in [0.2, 0.25) is 0 Å². The number of carbonyl (C=O) groups excluding carboxylic acids is 1. The first-order valence-corrected chi connectivity index (χ1v) is 12.0. The lowest BCUT2D eigenvalue weighted by Crippen LogP contribution is -2.12. The van der Waals surface area contributed by atoms with Crippen LogP contribution in [0.3, 0.4) is 0 Å². The molecule has 0 aliphatic rings. The van der Waals surface area contributed by atoms with Crippen LogP contribution < -0.4 is 10.6 Å². The molecule has 174 valence electrons. The highest BCUT2D eigenvalue weighted by atomic mass is 32.1. The molecule has 0 unspecified atom stereocenters. The van der Waals surface area contributed by atoms with Gasteiger partial charge in [-0.05, 0) is 54.0 Å². The highest BCUT2D eigenvalue weighted by Crippen LogP contribution is 2.25. The van der Waals surface area contributed by atoms with Crippen LogP contribution >= 0.6 is 11.3 Å². The van der Waals surface area contributed by atoms with E-state index < -0.39 is 5.97 Å². The summed E-state index contributed by atoms with van der Waals surface area (Å²) in [6.45, 7) is 7.49. The van der Waals surface area contributed by atoms with Crippen LogP contribution in [0.15, 0.2) is 53.9 Å². The molecule has 0 fully saturated rings. The zero-order chi connectivity index (χ0) is 23.8. The number of thiazole rings is 1. The lowest BCUT2D eigenvalue weighted by atomic mass is 9.89. The molecule has 6 nitrogen and oxygen atoms in total. The minimum Gasteiger partial charge on any atom is -0.481 e. The number of nitrogens with one attached hydrogen (secondary N) is 2. The van der Waals surface area contributed by atoms with Crippen LogP contribution in [0.5, 0.6) is 0 Å². The highest BCUT2D eigenvalue weighted by molar-refractivity contribution is 7.14. The van der Waals surface area contributed by atoms with E-state index in [0.717, 1.165) is 24.1 Å². The van der Waals surface area contributed by atoms with E-state index in [2.05, 4.69) is 54.6 Å². The summed E-state index contributed by atoms with van der Waals surface area (Å²) in [5.74, 6) is -1.22. The number of amides is 1. The Morgan fingerprint density at radius 3 is 2.48 bits per heavy atom. The molecule has 3 rings (SSSR count). The molecule has 33 heavy (non-hydrogen) atoms. The lowest BCUT2D eigenvalue weighted by Gasteiger charge is -2.18. The van der Waals surface area contributed by atoms with Crippen LogP contribution in [-0.2, 0) is 24.2 Å². The molecule has 3 aromatic rings.